The number of ether oxygens (including phenoxy) is 1. The van der Waals surface area contributed by atoms with E-state index in [1.165, 1.54) is 43.4 Å². The highest BCUT2D eigenvalue weighted by atomic mass is 79.9. The van der Waals surface area contributed by atoms with E-state index in [1.54, 1.807) is 0 Å². The van der Waals surface area contributed by atoms with Crippen LogP contribution >= 0.6 is 15.9 Å². The Bertz CT molecular complexity index is 781. The first-order valence-electron chi connectivity index (χ1n) is 5.79. The van der Waals surface area contributed by atoms with Crippen molar-refractivity contribution in [3.05, 3.63) is 46.7 Å². The second-order valence-corrected chi connectivity index (χ2v) is 6.89. The van der Waals surface area contributed by atoms with Gasteiger partial charge >= 0.3 is 0 Å². The molecule has 112 valence electrons. The summed E-state index contributed by atoms with van der Waals surface area (Å²) in [5, 5.41) is 0. The van der Waals surface area contributed by atoms with E-state index in [9.17, 15) is 12.8 Å². The molecule has 0 aliphatic carbocycles. The maximum atomic E-state index is 13.7. The molecule has 0 aromatic heterocycles. The molecule has 0 bridgehead atoms. The summed E-state index contributed by atoms with van der Waals surface area (Å²) in [6, 6.07) is 8.13. The van der Waals surface area contributed by atoms with Crippen LogP contribution in [-0.2, 0) is 10.0 Å². The molecule has 5 nitrogen and oxygen atoms in total. The molecule has 0 heterocycles. The van der Waals surface area contributed by atoms with Crippen LogP contribution in [0.5, 0.6) is 11.5 Å². The van der Waals surface area contributed by atoms with Crippen LogP contribution in [0.4, 0.5) is 10.1 Å². The monoisotopic (exact) mass is 374 g/mol. The molecule has 0 spiro atoms. The molecule has 0 atom stereocenters. The van der Waals surface area contributed by atoms with Crippen molar-refractivity contribution in [3.8, 4) is 11.5 Å². The summed E-state index contributed by atoms with van der Waals surface area (Å²) < 4.78 is 45.4. The zero-order valence-electron chi connectivity index (χ0n) is 10.9. The zero-order chi connectivity index (χ0) is 15.6. The molecule has 0 saturated heterocycles. The van der Waals surface area contributed by atoms with Gasteiger partial charge in [-0.1, -0.05) is 15.9 Å². The van der Waals surface area contributed by atoms with Crippen LogP contribution in [0.2, 0.25) is 0 Å². The molecule has 21 heavy (non-hydrogen) atoms. The molecule has 0 aliphatic heterocycles. The third-order valence-corrected chi connectivity index (χ3v) is 4.58. The quantitative estimate of drug-likeness (QED) is 0.806. The lowest BCUT2D eigenvalue weighted by atomic mass is 10.3. The van der Waals surface area contributed by atoms with E-state index in [-0.39, 0.29) is 22.1 Å². The number of anilines is 1. The van der Waals surface area contributed by atoms with Gasteiger partial charge in [-0.2, -0.15) is 0 Å². The van der Waals surface area contributed by atoms with Gasteiger partial charge in [0.2, 0.25) is 10.0 Å². The van der Waals surface area contributed by atoms with E-state index in [4.69, 9.17) is 10.5 Å². The number of hydrogen-bond acceptors (Lipinski definition) is 4. The number of benzene rings is 2. The maximum absolute atomic E-state index is 13.7. The summed E-state index contributed by atoms with van der Waals surface area (Å²) in [4.78, 5) is -0.0235. The Morgan fingerprint density at radius 2 is 1.90 bits per heavy atom. The lowest BCUT2D eigenvalue weighted by Gasteiger charge is -2.11. The number of hydrogen-bond donors (Lipinski definition) is 2. The zero-order valence-corrected chi connectivity index (χ0v) is 13.3. The molecule has 0 aliphatic rings. The highest BCUT2D eigenvalue weighted by molar-refractivity contribution is 9.10. The van der Waals surface area contributed by atoms with E-state index < -0.39 is 15.8 Å². The molecule has 0 fully saturated rings. The predicted molar refractivity (Wildman–Crippen MR) is 81.3 cm³/mol. The molecule has 0 unspecified atom stereocenters. The lowest BCUT2D eigenvalue weighted by molar-refractivity contribution is 0.442. The number of rotatable bonds is 4. The number of nitrogen functional groups attached to an aromatic ring is 1. The first-order valence-corrected chi connectivity index (χ1v) is 8.07. The first-order chi connectivity index (χ1) is 9.83. The van der Waals surface area contributed by atoms with Crippen LogP contribution in [0.1, 0.15) is 0 Å². The van der Waals surface area contributed by atoms with Gasteiger partial charge in [-0.3, -0.25) is 0 Å². The SMILES string of the molecule is CNS(=O)(=O)c1ccc(N)c(Oc2cc(Br)ccc2F)c1. The Morgan fingerprint density at radius 3 is 2.57 bits per heavy atom. The Hall–Kier alpha value is -1.64. The van der Waals surface area contributed by atoms with E-state index in [2.05, 4.69) is 20.7 Å². The molecular formula is C13H12BrFN2O3S. The van der Waals surface area contributed by atoms with Crippen molar-refractivity contribution < 1.29 is 17.5 Å². The fraction of sp³-hybridized carbons (Fsp3) is 0.0769. The standard InChI is InChI=1S/C13H12BrFN2O3S/c1-17-21(18,19)9-3-5-11(16)13(7-9)20-12-6-8(14)2-4-10(12)15/h2-7,17H,16H2,1H3. The number of nitrogens with two attached hydrogens (primary N) is 1. The average Bonchev–Trinajstić information content (AvgIpc) is 2.45. The van der Waals surface area contributed by atoms with Gasteiger partial charge in [0.15, 0.2) is 17.3 Å². The third-order valence-electron chi connectivity index (χ3n) is 2.68. The van der Waals surface area contributed by atoms with Crippen LogP contribution in [-0.4, -0.2) is 15.5 Å². The maximum Gasteiger partial charge on any atom is 0.240 e. The largest absolute Gasteiger partial charge is 0.452 e. The van der Waals surface area contributed by atoms with Crippen molar-refractivity contribution in [3.63, 3.8) is 0 Å². The average molecular weight is 375 g/mol. The molecule has 0 saturated carbocycles. The van der Waals surface area contributed by atoms with Gasteiger partial charge in [-0.25, -0.2) is 17.5 Å². The minimum Gasteiger partial charge on any atom is -0.452 e. The Morgan fingerprint density at radius 1 is 1.19 bits per heavy atom. The van der Waals surface area contributed by atoms with Crippen LogP contribution in [0.25, 0.3) is 0 Å². The number of sulfonamides is 1. The van der Waals surface area contributed by atoms with E-state index in [0.29, 0.717) is 4.47 Å². The van der Waals surface area contributed by atoms with Crippen molar-refractivity contribution in [1.82, 2.24) is 4.72 Å². The first kappa shape index (κ1) is 15.7. The van der Waals surface area contributed by atoms with Gasteiger partial charge in [-0.05, 0) is 37.4 Å². The highest BCUT2D eigenvalue weighted by Crippen LogP contribution is 2.32. The summed E-state index contributed by atoms with van der Waals surface area (Å²) in [5.74, 6) is -0.585. The van der Waals surface area contributed by atoms with Gasteiger partial charge in [0.1, 0.15) is 0 Å². The summed E-state index contributed by atoms with van der Waals surface area (Å²) in [5.41, 5.74) is 5.93. The van der Waals surface area contributed by atoms with Crippen LogP contribution in [0.3, 0.4) is 0 Å². The van der Waals surface area contributed by atoms with Crippen molar-refractivity contribution in [2.24, 2.45) is 0 Å². The molecule has 3 N–H and O–H groups in total. The molecule has 2 aromatic carbocycles. The van der Waals surface area contributed by atoms with Crippen LogP contribution in [0, 0.1) is 5.82 Å². The van der Waals surface area contributed by atoms with E-state index in [0.717, 1.165) is 0 Å². The van der Waals surface area contributed by atoms with Gasteiger partial charge in [0.05, 0.1) is 10.6 Å². The number of nitrogens with one attached hydrogen (secondary N) is 1. The third kappa shape index (κ3) is 3.52. The Balaban J connectivity index is 2.45. The molecule has 2 rings (SSSR count). The van der Waals surface area contributed by atoms with Gasteiger partial charge in [0, 0.05) is 10.5 Å². The molecule has 0 amide bonds. The number of halogens is 2. The normalized spacial score (nSPS) is 11.4. The van der Waals surface area contributed by atoms with Crippen LogP contribution in [0.15, 0.2) is 45.8 Å². The van der Waals surface area contributed by atoms with Gasteiger partial charge in [0.25, 0.3) is 0 Å². The second kappa shape index (κ2) is 6.00. The fourth-order valence-electron chi connectivity index (χ4n) is 1.56. The van der Waals surface area contributed by atoms with Crippen molar-refractivity contribution in [1.29, 1.82) is 0 Å². The van der Waals surface area contributed by atoms with Crippen molar-refractivity contribution in [2.45, 2.75) is 4.90 Å². The minimum atomic E-state index is -3.64. The van der Waals surface area contributed by atoms with E-state index >= 15 is 0 Å². The van der Waals surface area contributed by atoms with E-state index in [1.807, 2.05) is 0 Å². The van der Waals surface area contributed by atoms with Crippen molar-refractivity contribution in [2.75, 3.05) is 12.8 Å². The molecular weight excluding hydrogens is 363 g/mol. The molecule has 8 heteroatoms. The summed E-state index contributed by atoms with van der Waals surface area (Å²) in [6.07, 6.45) is 0. The van der Waals surface area contributed by atoms with Crippen molar-refractivity contribution >= 4 is 31.6 Å². The summed E-state index contributed by atoms with van der Waals surface area (Å²) >= 11 is 3.20. The Kier molecular flexibility index (Phi) is 4.50. The summed E-state index contributed by atoms with van der Waals surface area (Å²) in [7, 11) is -2.34. The van der Waals surface area contributed by atoms with Crippen LogP contribution < -0.4 is 15.2 Å². The second-order valence-electron chi connectivity index (χ2n) is 4.08. The predicted octanol–water partition coefficient (Wildman–Crippen LogP) is 2.87. The van der Waals surface area contributed by atoms with Gasteiger partial charge < -0.3 is 10.5 Å². The summed E-state index contributed by atoms with van der Waals surface area (Å²) in [6.45, 7) is 0. The minimum absolute atomic E-state index is 0.0235. The highest BCUT2D eigenvalue weighted by Gasteiger charge is 2.15. The fourth-order valence-corrected chi connectivity index (χ4v) is 2.65. The lowest BCUT2D eigenvalue weighted by Crippen LogP contribution is -2.18. The Labute approximate surface area is 130 Å². The topological polar surface area (TPSA) is 81.4 Å². The molecule has 2 aromatic rings. The smallest absolute Gasteiger partial charge is 0.240 e. The van der Waals surface area contributed by atoms with Gasteiger partial charge in [-0.15, -0.1) is 0 Å². The molecule has 0 radical (unpaired) electrons.